The van der Waals surface area contributed by atoms with Crippen molar-refractivity contribution in [2.75, 3.05) is 11.1 Å². The average molecular weight is 263 g/mol. The number of rotatable bonds is 4. The van der Waals surface area contributed by atoms with Gasteiger partial charge in [-0.25, -0.2) is 4.98 Å². The zero-order valence-electron chi connectivity index (χ0n) is 9.75. The van der Waals surface area contributed by atoms with Crippen LogP contribution < -0.4 is 11.1 Å². The molecule has 0 saturated carbocycles. The smallest absolute Gasteiger partial charge is 0.237 e. The summed E-state index contributed by atoms with van der Waals surface area (Å²) in [4.78, 5) is 15.9. The molecule has 1 aromatic carbocycles. The number of hydrogen-bond acceptors (Lipinski definition) is 5. The molecule has 7 heteroatoms. The lowest BCUT2D eigenvalue weighted by Gasteiger charge is -2.10. The lowest BCUT2D eigenvalue weighted by molar-refractivity contribution is -0.115. The molecule has 1 amide bonds. The second-order valence-electron chi connectivity index (χ2n) is 3.67. The molecule has 2 rings (SSSR count). The van der Waals surface area contributed by atoms with E-state index < -0.39 is 0 Å². The maximum absolute atomic E-state index is 11.9. The Morgan fingerprint density at radius 1 is 1.56 bits per heavy atom. The number of carbonyl (C=O) groups is 1. The Morgan fingerprint density at radius 2 is 2.39 bits per heavy atom. The van der Waals surface area contributed by atoms with E-state index in [9.17, 15) is 4.79 Å². The zero-order valence-corrected chi connectivity index (χ0v) is 10.6. The molecule has 1 heterocycles. The summed E-state index contributed by atoms with van der Waals surface area (Å²) in [7, 11) is 0. The van der Waals surface area contributed by atoms with Gasteiger partial charge in [-0.3, -0.25) is 9.89 Å². The van der Waals surface area contributed by atoms with Gasteiger partial charge in [-0.15, -0.1) is 0 Å². The van der Waals surface area contributed by atoms with E-state index in [1.807, 2.05) is 0 Å². The zero-order chi connectivity index (χ0) is 13.0. The van der Waals surface area contributed by atoms with Crippen LogP contribution in [0.25, 0.3) is 0 Å². The molecule has 0 aliphatic heterocycles. The number of nitrogen functional groups attached to an aromatic ring is 1. The van der Waals surface area contributed by atoms with Crippen molar-refractivity contribution in [1.82, 2.24) is 15.2 Å². The Labute approximate surface area is 108 Å². The molecule has 1 atom stereocenters. The first kappa shape index (κ1) is 12.4. The van der Waals surface area contributed by atoms with Crippen LogP contribution in [0.4, 0.5) is 11.4 Å². The van der Waals surface area contributed by atoms with Crippen LogP contribution in [-0.2, 0) is 4.79 Å². The number of nitrogens with one attached hydrogen (secondary N) is 2. The van der Waals surface area contributed by atoms with Gasteiger partial charge in [0.25, 0.3) is 0 Å². The Kier molecular flexibility index (Phi) is 3.83. The summed E-state index contributed by atoms with van der Waals surface area (Å²) in [5.74, 6) is -0.109. The lowest BCUT2D eigenvalue weighted by Crippen LogP contribution is -2.22. The summed E-state index contributed by atoms with van der Waals surface area (Å²) in [6.45, 7) is 1.80. The molecule has 0 bridgehead atoms. The number of nitrogens with zero attached hydrogens (tertiary/aromatic N) is 2. The average Bonchev–Trinajstić information content (AvgIpc) is 2.81. The summed E-state index contributed by atoms with van der Waals surface area (Å²) < 4.78 is 0. The summed E-state index contributed by atoms with van der Waals surface area (Å²) in [6.07, 6.45) is 1.41. The monoisotopic (exact) mass is 263 g/mol. The third kappa shape index (κ3) is 3.24. The minimum Gasteiger partial charge on any atom is -0.399 e. The van der Waals surface area contributed by atoms with Crippen LogP contribution in [0.1, 0.15) is 6.92 Å². The molecular weight excluding hydrogens is 250 g/mol. The number of hydrogen-bond donors (Lipinski definition) is 3. The van der Waals surface area contributed by atoms with Crippen LogP contribution >= 0.6 is 11.8 Å². The van der Waals surface area contributed by atoms with Crippen molar-refractivity contribution in [3.63, 3.8) is 0 Å². The highest BCUT2D eigenvalue weighted by molar-refractivity contribution is 8.00. The van der Waals surface area contributed by atoms with Crippen molar-refractivity contribution in [2.45, 2.75) is 17.3 Å². The quantitative estimate of drug-likeness (QED) is 0.574. The normalized spacial score (nSPS) is 12.1. The van der Waals surface area contributed by atoms with Crippen LogP contribution in [-0.4, -0.2) is 26.3 Å². The third-order valence-electron chi connectivity index (χ3n) is 2.20. The molecule has 1 unspecified atom stereocenters. The van der Waals surface area contributed by atoms with E-state index in [1.165, 1.54) is 18.1 Å². The summed E-state index contributed by atoms with van der Waals surface area (Å²) in [5, 5.41) is 9.55. The topological polar surface area (TPSA) is 96.7 Å². The van der Waals surface area contributed by atoms with Crippen molar-refractivity contribution >= 4 is 29.0 Å². The standard InChI is InChI=1S/C11H13N5OS/c1-7(18-11-13-6-14-16-11)10(17)15-9-4-2-3-8(12)5-9/h2-7H,12H2,1H3,(H,15,17)(H,13,14,16). The number of carbonyl (C=O) groups excluding carboxylic acids is 1. The Hall–Kier alpha value is -2.02. The Morgan fingerprint density at radius 3 is 3.06 bits per heavy atom. The van der Waals surface area contributed by atoms with Gasteiger partial charge in [0.15, 0.2) is 5.16 Å². The Bertz CT molecular complexity index is 528. The van der Waals surface area contributed by atoms with Crippen LogP contribution in [0.2, 0.25) is 0 Å². The molecule has 0 radical (unpaired) electrons. The van der Waals surface area contributed by atoms with Crippen molar-refractivity contribution in [3.05, 3.63) is 30.6 Å². The number of aromatic amines is 1. The van der Waals surface area contributed by atoms with Crippen molar-refractivity contribution in [3.8, 4) is 0 Å². The molecule has 4 N–H and O–H groups in total. The molecule has 94 valence electrons. The molecular formula is C11H13N5OS. The van der Waals surface area contributed by atoms with Crippen LogP contribution in [0.15, 0.2) is 35.7 Å². The molecule has 1 aromatic heterocycles. The predicted molar refractivity (Wildman–Crippen MR) is 71.2 cm³/mol. The van der Waals surface area contributed by atoms with E-state index in [0.29, 0.717) is 16.5 Å². The summed E-state index contributed by atoms with van der Waals surface area (Å²) >= 11 is 1.31. The number of amides is 1. The number of nitrogens with two attached hydrogens (primary N) is 1. The highest BCUT2D eigenvalue weighted by Gasteiger charge is 2.15. The lowest BCUT2D eigenvalue weighted by atomic mass is 10.3. The number of anilines is 2. The molecule has 0 fully saturated rings. The number of aromatic nitrogens is 3. The van der Waals surface area contributed by atoms with E-state index >= 15 is 0 Å². The molecule has 6 nitrogen and oxygen atoms in total. The van der Waals surface area contributed by atoms with Gasteiger partial charge in [0.05, 0.1) is 5.25 Å². The molecule has 0 aliphatic rings. The third-order valence-corrected chi connectivity index (χ3v) is 3.19. The first-order valence-electron chi connectivity index (χ1n) is 5.33. The minimum atomic E-state index is -0.278. The van der Waals surface area contributed by atoms with Gasteiger partial charge >= 0.3 is 0 Å². The molecule has 0 saturated heterocycles. The van der Waals surface area contributed by atoms with E-state index in [4.69, 9.17) is 5.73 Å². The summed E-state index contributed by atoms with van der Waals surface area (Å²) in [5.41, 5.74) is 6.94. The van der Waals surface area contributed by atoms with Gasteiger partial charge in [0.2, 0.25) is 5.91 Å². The number of H-pyrrole nitrogens is 1. The van der Waals surface area contributed by atoms with Gasteiger partial charge in [0.1, 0.15) is 6.33 Å². The minimum absolute atomic E-state index is 0.109. The second kappa shape index (κ2) is 5.54. The van der Waals surface area contributed by atoms with Crippen molar-refractivity contribution in [1.29, 1.82) is 0 Å². The Balaban J connectivity index is 1.95. The maximum Gasteiger partial charge on any atom is 0.237 e. The van der Waals surface area contributed by atoms with Crippen LogP contribution in [0.5, 0.6) is 0 Å². The number of thioether (sulfide) groups is 1. The van der Waals surface area contributed by atoms with Gasteiger partial charge in [0, 0.05) is 11.4 Å². The first-order chi connectivity index (χ1) is 8.65. The first-order valence-corrected chi connectivity index (χ1v) is 6.21. The van der Waals surface area contributed by atoms with Crippen molar-refractivity contribution in [2.24, 2.45) is 0 Å². The van der Waals surface area contributed by atoms with E-state index in [2.05, 4.69) is 20.5 Å². The molecule has 0 spiro atoms. The predicted octanol–water partition coefficient (Wildman–Crippen LogP) is 1.51. The maximum atomic E-state index is 11.9. The van der Waals surface area contributed by atoms with E-state index in [-0.39, 0.29) is 11.2 Å². The van der Waals surface area contributed by atoms with E-state index in [0.717, 1.165) is 0 Å². The van der Waals surface area contributed by atoms with Gasteiger partial charge < -0.3 is 11.1 Å². The van der Waals surface area contributed by atoms with Crippen LogP contribution in [0.3, 0.4) is 0 Å². The van der Waals surface area contributed by atoms with Gasteiger partial charge in [-0.05, 0) is 25.1 Å². The largest absolute Gasteiger partial charge is 0.399 e. The fraction of sp³-hybridized carbons (Fsp3) is 0.182. The highest BCUT2D eigenvalue weighted by atomic mass is 32.2. The molecule has 0 aliphatic carbocycles. The van der Waals surface area contributed by atoms with Crippen LogP contribution in [0, 0.1) is 0 Å². The summed E-state index contributed by atoms with van der Waals surface area (Å²) in [6, 6.07) is 7.06. The fourth-order valence-corrected chi connectivity index (χ4v) is 2.05. The van der Waals surface area contributed by atoms with E-state index in [1.54, 1.807) is 31.2 Å². The molecule has 18 heavy (non-hydrogen) atoms. The van der Waals surface area contributed by atoms with Gasteiger partial charge in [-0.1, -0.05) is 17.8 Å². The fourth-order valence-electron chi connectivity index (χ4n) is 1.33. The number of benzene rings is 1. The SMILES string of the molecule is CC(Sc1ncn[nH]1)C(=O)Nc1cccc(N)c1. The molecule has 2 aromatic rings. The second-order valence-corrected chi connectivity index (χ2v) is 4.99. The van der Waals surface area contributed by atoms with Gasteiger partial charge in [-0.2, -0.15) is 5.10 Å². The van der Waals surface area contributed by atoms with Crippen molar-refractivity contribution < 1.29 is 4.79 Å². The highest BCUT2D eigenvalue weighted by Crippen LogP contribution is 2.20.